The van der Waals surface area contributed by atoms with Crippen molar-refractivity contribution in [2.24, 2.45) is 0 Å². The zero-order valence-electron chi connectivity index (χ0n) is 9.41. The molecular formula is C13H10N2O2S. The van der Waals surface area contributed by atoms with Gasteiger partial charge in [-0.15, -0.1) is 11.3 Å². The monoisotopic (exact) mass is 258 g/mol. The van der Waals surface area contributed by atoms with E-state index in [9.17, 15) is 4.79 Å². The molecule has 0 radical (unpaired) electrons. The van der Waals surface area contributed by atoms with E-state index in [0.717, 1.165) is 17.4 Å². The normalized spacial score (nSPS) is 10.9. The molecule has 0 spiro atoms. The summed E-state index contributed by atoms with van der Waals surface area (Å²) in [5, 5.41) is 9.89. The molecule has 90 valence electrons. The van der Waals surface area contributed by atoms with E-state index in [-0.39, 0.29) is 0 Å². The summed E-state index contributed by atoms with van der Waals surface area (Å²) in [5.41, 5.74) is 3.16. The maximum atomic E-state index is 10.9. The van der Waals surface area contributed by atoms with Gasteiger partial charge in [-0.2, -0.15) is 0 Å². The predicted octanol–water partition coefficient (Wildman–Crippen LogP) is 2.84. The highest BCUT2D eigenvalue weighted by molar-refractivity contribution is 7.09. The molecule has 3 aromatic rings. The number of hydrogen-bond acceptors (Lipinski definition) is 3. The Bertz CT molecular complexity index is 701. The lowest BCUT2D eigenvalue weighted by Crippen LogP contribution is -1.97. The van der Waals surface area contributed by atoms with Crippen molar-refractivity contribution in [2.75, 3.05) is 0 Å². The third-order valence-corrected chi connectivity index (χ3v) is 3.59. The van der Waals surface area contributed by atoms with E-state index in [1.54, 1.807) is 23.5 Å². The molecule has 0 bridgehead atoms. The van der Waals surface area contributed by atoms with E-state index < -0.39 is 5.97 Å². The molecule has 0 fully saturated rings. The maximum Gasteiger partial charge on any atom is 0.335 e. The molecule has 0 aliphatic carbocycles. The molecule has 4 nitrogen and oxygen atoms in total. The fourth-order valence-corrected chi connectivity index (χ4v) is 2.55. The van der Waals surface area contributed by atoms with E-state index in [4.69, 9.17) is 5.11 Å². The number of carboxylic acid groups (broad SMARTS) is 1. The van der Waals surface area contributed by atoms with Crippen LogP contribution in [0.25, 0.3) is 10.9 Å². The minimum atomic E-state index is -0.896. The number of fused-ring (bicyclic) bond motifs is 1. The van der Waals surface area contributed by atoms with Crippen molar-refractivity contribution in [1.29, 1.82) is 0 Å². The van der Waals surface area contributed by atoms with Crippen LogP contribution >= 0.6 is 11.3 Å². The Morgan fingerprint density at radius 3 is 3.00 bits per heavy atom. The van der Waals surface area contributed by atoms with Gasteiger partial charge >= 0.3 is 5.97 Å². The second kappa shape index (κ2) is 4.27. The number of rotatable bonds is 3. The van der Waals surface area contributed by atoms with Crippen LogP contribution in [0.3, 0.4) is 0 Å². The molecular weight excluding hydrogens is 248 g/mol. The van der Waals surface area contributed by atoms with Crippen LogP contribution in [0, 0.1) is 0 Å². The lowest BCUT2D eigenvalue weighted by molar-refractivity contribution is 0.0697. The van der Waals surface area contributed by atoms with Crippen molar-refractivity contribution in [3.8, 4) is 0 Å². The largest absolute Gasteiger partial charge is 0.478 e. The number of aromatic nitrogens is 2. The Balaban J connectivity index is 2.02. The van der Waals surface area contributed by atoms with Gasteiger partial charge in [-0.05, 0) is 24.3 Å². The lowest BCUT2D eigenvalue weighted by Gasteiger charge is -2.03. The molecule has 2 aromatic heterocycles. The van der Waals surface area contributed by atoms with Crippen LogP contribution in [0.2, 0.25) is 0 Å². The van der Waals surface area contributed by atoms with Crippen molar-refractivity contribution in [3.63, 3.8) is 0 Å². The smallest absolute Gasteiger partial charge is 0.335 e. The number of carboxylic acids is 1. The topological polar surface area (TPSA) is 55.1 Å². The molecule has 0 saturated carbocycles. The number of nitrogens with zero attached hydrogens (tertiary/aromatic N) is 2. The Morgan fingerprint density at radius 2 is 2.28 bits per heavy atom. The molecule has 0 amide bonds. The first-order valence-electron chi connectivity index (χ1n) is 5.43. The van der Waals surface area contributed by atoms with Gasteiger partial charge < -0.3 is 9.67 Å². The van der Waals surface area contributed by atoms with Crippen molar-refractivity contribution < 1.29 is 9.90 Å². The van der Waals surface area contributed by atoms with Gasteiger partial charge in [0.15, 0.2) is 0 Å². The van der Waals surface area contributed by atoms with Crippen LogP contribution in [-0.2, 0) is 6.54 Å². The highest BCUT2D eigenvalue weighted by Gasteiger charge is 2.07. The molecule has 0 aliphatic rings. The summed E-state index contributed by atoms with van der Waals surface area (Å²) >= 11 is 1.61. The third-order valence-electron chi connectivity index (χ3n) is 2.83. The van der Waals surface area contributed by atoms with Gasteiger partial charge in [0.25, 0.3) is 0 Å². The van der Waals surface area contributed by atoms with Gasteiger partial charge in [-0.25, -0.2) is 4.79 Å². The first-order valence-corrected chi connectivity index (χ1v) is 6.31. The summed E-state index contributed by atoms with van der Waals surface area (Å²) in [6.45, 7) is 0.764. The van der Waals surface area contributed by atoms with Crippen molar-refractivity contribution in [3.05, 3.63) is 52.6 Å². The third kappa shape index (κ3) is 1.89. The van der Waals surface area contributed by atoms with E-state index in [1.165, 1.54) is 4.88 Å². The number of hydrogen-bond donors (Lipinski definition) is 1. The van der Waals surface area contributed by atoms with Crippen LogP contribution in [0.5, 0.6) is 0 Å². The first kappa shape index (κ1) is 11.0. The van der Waals surface area contributed by atoms with Crippen molar-refractivity contribution in [2.45, 2.75) is 6.54 Å². The SMILES string of the molecule is O=C(O)c1ccc2c(ccn2Cc2cncs2)c1. The zero-order chi connectivity index (χ0) is 12.5. The van der Waals surface area contributed by atoms with E-state index >= 15 is 0 Å². The first-order chi connectivity index (χ1) is 8.74. The molecule has 0 saturated heterocycles. The highest BCUT2D eigenvalue weighted by Crippen LogP contribution is 2.20. The quantitative estimate of drug-likeness (QED) is 0.786. The number of carbonyl (C=O) groups is 1. The number of benzene rings is 1. The van der Waals surface area contributed by atoms with Gasteiger partial charge in [-0.1, -0.05) is 0 Å². The standard InChI is InChI=1S/C13H10N2O2S/c16-13(17)10-1-2-12-9(5-10)3-4-15(12)7-11-6-14-8-18-11/h1-6,8H,7H2,(H,16,17). The van der Waals surface area contributed by atoms with Crippen LogP contribution in [0.4, 0.5) is 0 Å². The molecule has 18 heavy (non-hydrogen) atoms. The predicted molar refractivity (Wildman–Crippen MR) is 70.1 cm³/mol. The number of thiazole rings is 1. The second-order valence-corrected chi connectivity index (χ2v) is 4.96. The minimum absolute atomic E-state index is 0.318. The van der Waals surface area contributed by atoms with E-state index in [0.29, 0.717) is 5.56 Å². The van der Waals surface area contributed by atoms with Gasteiger partial charge in [0.05, 0.1) is 17.6 Å². The molecule has 0 atom stereocenters. The molecule has 3 rings (SSSR count). The van der Waals surface area contributed by atoms with Gasteiger partial charge in [0.1, 0.15) is 0 Å². The molecule has 0 unspecified atom stereocenters. The minimum Gasteiger partial charge on any atom is -0.478 e. The Morgan fingerprint density at radius 1 is 1.39 bits per heavy atom. The summed E-state index contributed by atoms with van der Waals surface area (Å²) < 4.78 is 2.09. The molecule has 0 aliphatic heterocycles. The molecule has 1 aromatic carbocycles. The van der Waals surface area contributed by atoms with Gasteiger partial charge in [0.2, 0.25) is 0 Å². The van der Waals surface area contributed by atoms with Crippen LogP contribution in [0.1, 0.15) is 15.2 Å². The fraction of sp³-hybridized carbons (Fsp3) is 0.0769. The van der Waals surface area contributed by atoms with Crippen LogP contribution in [-0.4, -0.2) is 20.6 Å². The lowest BCUT2D eigenvalue weighted by atomic mass is 10.1. The second-order valence-electron chi connectivity index (χ2n) is 3.99. The summed E-state index contributed by atoms with van der Waals surface area (Å²) in [7, 11) is 0. The van der Waals surface area contributed by atoms with Crippen molar-refractivity contribution >= 4 is 28.2 Å². The fourth-order valence-electron chi connectivity index (χ4n) is 1.96. The van der Waals surface area contributed by atoms with Gasteiger partial charge in [-0.3, -0.25) is 4.98 Å². The average molecular weight is 258 g/mol. The zero-order valence-corrected chi connectivity index (χ0v) is 10.2. The molecule has 2 heterocycles. The summed E-state index contributed by atoms with van der Waals surface area (Å²) in [4.78, 5) is 16.1. The molecule has 1 N–H and O–H groups in total. The van der Waals surface area contributed by atoms with Gasteiger partial charge in [0, 0.05) is 28.2 Å². The Hall–Kier alpha value is -2.14. The van der Waals surface area contributed by atoms with Crippen LogP contribution < -0.4 is 0 Å². The maximum absolute atomic E-state index is 10.9. The Kier molecular flexibility index (Phi) is 2.60. The highest BCUT2D eigenvalue weighted by atomic mass is 32.1. The summed E-state index contributed by atoms with van der Waals surface area (Å²) in [6, 6.07) is 7.11. The summed E-state index contributed by atoms with van der Waals surface area (Å²) in [5.74, 6) is -0.896. The Labute approximate surface area is 107 Å². The van der Waals surface area contributed by atoms with E-state index in [2.05, 4.69) is 9.55 Å². The van der Waals surface area contributed by atoms with Crippen LogP contribution in [0.15, 0.2) is 42.2 Å². The van der Waals surface area contributed by atoms with E-state index in [1.807, 2.05) is 30.0 Å². The average Bonchev–Trinajstić information content (AvgIpc) is 2.99. The summed E-state index contributed by atoms with van der Waals surface area (Å²) in [6.07, 6.45) is 3.82. The molecule has 5 heteroatoms. The number of aromatic carboxylic acids is 1. The van der Waals surface area contributed by atoms with Crippen molar-refractivity contribution in [1.82, 2.24) is 9.55 Å².